The highest BCUT2D eigenvalue weighted by Crippen LogP contribution is 2.17. The van der Waals surface area contributed by atoms with Gasteiger partial charge in [0.2, 0.25) is 0 Å². The van der Waals surface area contributed by atoms with E-state index in [-0.39, 0.29) is 6.04 Å². The third kappa shape index (κ3) is 2.87. The van der Waals surface area contributed by atoms with Gasteiger partial charge in [0.1, 0.15) is 0 Å². The summed E-state index contributed by atoms with van der Waals surface area (Å²) in [5.74, 6) is 0. The Bertz CT molecular complexity index is 411. The van der Waals surface area contributed by atoms with E-state index in [9.17, 15) is 0 Å². The quantitative estimate of drug-likeness (QED) is 0.939. The van der Waals surface area contributed by atoms with E-state index in [1.165, 1.54) is 5.56 Å². The van der Waals surface area contributed by atoms with Crippen LogP contribution in [-0.4, -0.2) is 4.98 Å². The van der Waals surface area contributed by atoms with Crippen molar-refractivity contribution in [1.29, 1.82) is 0 Å². The number of pyridine rings is 1. The van der Waals surface area contributed by atoms with Crippen LogP contribution in [0.5, 0.6) is 0 Å². The lowest BCUT2D eigenvalue weighted by Crippen LogP contribution is -2.14. The summed E-state index contributed by atoms with van der Waals surface area (Å²) >= 11 is 5.05. The molecule has 2 aromatic rings. The number of nitrogens with two attached hydrogens (primary N) is 1. The van der Waals surface area contributed by atoms with Crippen LogP contribution in [0.3, 0.4) is 0 Å². The molecule has 0 aliphatic carbocycles. The molecule has 15 heavy (non-hydrogen) atoms. The molecule has 4 heteroatoms. The average Bonchev–Trinajstić information content (AvgIpc) is 2.71. The third-order valence-corrected chi connectivity index (χ3v) is 3.37. The Kier molecular flexibility index (Phi) is 3.51. The Morgan fingerprint density at radius 2 is 2.27 bits per heavy atom. The summed E-state index contributed by atoms with van der Waals surface area (Å²) in [7, 11) is 0. The van der Waals surface area contributed by atoms with Crippen LogP contribution in [0.15, 0.2) is 39.6 Å². The molecular formula is C11H11BrN2S. The second-order valence-electron chi connectivity index (χ2n) is 3.34. The van der Waals surface area contributed by atoms with Crippen LogP contribution in [0.1, 0.15) is 17.3 Å². The second kappa shape index (κ2) is 4.88. The van der Waals surface area contributed by atoms with Crippen LogP contribution in [0.4, 0.5) is 0 Å². The summed E-state index contributed by atoms with van der Waals surface area (Å²) in [4.78, 5) is 4.29. The molecule has 2 aromatic heterocycles. The molecule has 2 N–H and O–H groups in total. The van der Waals surface area contributed by atoms with Gasteiger partial charge in [-0.05, 0) is 56.9 Å². The first-order valence-electron chi connectivity index (χ1n) is 4.64. The van der Waals surface area contributed by atoms with Crippen molar-refractivity contribution in [3.63, 3.8) is 0 Å². The Morgan fingerprint density at radius 1 is 1.40 bits per heavy atom. The number of aromatic nitrogens is 1. The molecule has 0 amide bonds. The molecule has 2 rings (SSSR count). The van der Waals surface area contributed by atoms with Crippen molar-refractivity contribution in [2.24, 2.45) is 5.73 Å². The zero-order chi connectivity index (χ0) is 10.7. The van der Waals surface area contributed by atoms with Gasteiger partial charge in [-0.3, -0.25) is 4.98 Å². The smallest absolute Gasteiger partial charge is 0.0575 e. The average molecular weight is 283 g/mol. The van der Waals surface area contributed by atoms with Crippen molar-refractivity contribution in [3.05, 3.63) is 50.9 Å². The molecule has 0 fully saturated rings. The van der Waals surface area contributed by atoms with E-state index in [1.807, 2.05) is 12.1 Å². The van der Waals surface area contributed by atoms with Crippen LogP contribution in [0.25, 0.3) is 0 Å². The zero-order valence-corrected chi connectivity index (χ0v) is 10.5. The monoisotopic (exact) mass is 282 g/mol. The molecular weight excluding hydrogens is 272 g/mol. The molecule has 0 saturated carbocycles. The molecule has 2 nitrogen and oxygen atoms in total. The van der Waals surface area contributed by atoms with Gasteiger partial charge in [-0.15, -0.1) is 0 Å². The molecule has 0 aliphatic rings. The number of hydrogen-bond donors (Lipinski definition) is 1. The van der Waals surface area contributed by atoms with Crippen LogP contribution in [-0.2, 0) is 6.42 Å². The fourth-order valence-corrected chi connectivity index (χ4v) is 2.29. The fourth-order valence-electron chi connectivity index (χ4n) is 1.37. The highest BCUT2D eigenvalue weighted by Gasteiger charge is 2.08. The first-order valence-corrected chi connectivity index (χ1v) is 6.37. The van der Waals surface area contributed by atoms with E-state index in [1.54, 1.807) is 17.5 Å². The van der Waals surface area contributed by atoms with Crippen LogP contribution in [0, 0.1) is 0 Å². The minimum absolute atomic E-state index is 0.0206. The molecule has 0 spiro atoms. The van der Waals surface area contributed by atoms with Crippen molar-refractivity contribution >= 4 is 27.3 Å². The summed E-state index contributed by atoms with van der Waals surface area (Å²) in [5, 5.41) is 4.19. The molecule has 0 saturated heterocycles. The van der Waals surface area contributed by atoms with Gasteiger partial charge >= 0.3 is 0 Å². The first kappa shape index (κ1) is 10.8. The van der Waals surface area contributed by atoms with Gasteiger partial charge < -0.3 is 5.73 Å². The number of nitrogens with zero attached hydrogens (tertiary/aromatic N) is 1. The van der Waals surface area contributed by atoms with Gasteiger partial charge in [-0.1, -0.05) is 0 Å². The van der Waals surface area contributed by atoms with E-state index >= 15 is 0 Å². The maximum absolute atomic E-state index is 6.06. The van der Waals surface area contributed by atoms with Gasteiger partial charge in [-0.2, -0.15) is 11.3 Å². The van der Waals surface area contributed by atoms with Gasteiger partial charge in [0.05, 0.1) is 11.7 Å². The largest absolute Gasteiger partial charge is 0.322 e. The minimum atomic E-state index is -0.0206. The van der Waals surface area contributed by atoms with Crippen LogP contribution < -0.4 is 5.73 Å². The summed E-state index contributed by atoms with van der Waals surface area (Å²) in [5.41, 5.74) is 8.27. The lowest BCUT2D eigenvalue weighted by molar-refractivity contribution is 0.697. The second-order valence-corrected chi connectivity index (χ2v) is 5.04. The summed E-state index contributed by atoms with van der Waals surface area (Å²) in [6.45, 7) is 0. The zero-order valence-electron chi connectivity index (χ0n) is 8.06. The molecule has 1 atom stereocenters. The number of thiophene rings is 1. The molecule has 0 bridgehead atoms. The predicted molar refractivity (Wildman–Crippen MR) is 66.9 cm³/mol. The highest BCUT2D eigenvalue weighted by molar-refractivity contribution is 9.10. The Labute approximate surface area is 101 Å². The van der Waals surface area contributed by atoms with Crippen molar-refractivity contribution in [3.8, 4) is 0 Å². The van der Waals surface area contributed by atoms with Crippen molar-refractivity contribution in [1.82, 2.24) is 4.98 Å². The SMILES string of the molecule is NC(Cc1ccsc1)c1ccc(Br)cn1. The molecule has 1 unspecified atom stereocenters. The van der Waals surface area contributed by atoms with Crippen molar-refractivity contribution < 1.29 is 0 Å². The highest BCUT2D eigenvalue weighted by atomic mass is 79.9. The Balaban J connectivity index is 2.08. The van der Waals surface area contributed by atoms with E-state index in [2.05, 4.69) is 37.7 Å². The van der Waals surface area contributed by atoms with Gasteiger partial charge in [0, 0.05) is 10.7 Å². The number of hydrogen-bond acceptors (Lipinski definition) is 3. The van der Waals surface area contributed by atoms with Gasteiger partial charge in [-0.25, -0.2) is 0 Å². The normalized spacial score (nSPS) is 12.7. The van der Waals surface area contributed by atoms with E-state index in [4.69, 9.17) is 5.73 Å². The van der Waals surface area contributed by atoms with Crippen LogP contribution >= 0.6 is 27.3 Å². The Morgan fingerprint density at radius 3 is 2.87 bits per heavy atom. The van der Waals surface area contributed by atoms with E-state index in [0.717, 1.165) is 16.6 Å². The number of halogens is 1. The van der Waals surface area contributed by atoms with E-state index in [0.29, 0.717) is 0 Å². The predicted octanol–water partition coefficient (Wildman–Crippen LogP) is 3.15. The maximum Gasteiger partial charge on any atom is 0.0575 e. The summed E-state index contributed by atoms with van der Waals surface area (Å²) in [6, 6.07) is 6.01. The topological polar surface area (TPSA) is 38.9 Å². The standard InChI is InChI=1S/C11H11BrN2S/c12-9-1-2-11(14-6-9)10(13)5-8-3-4-15-7-8/h1-4,6-7,10H,5,13H2. The molecule has 0 radical (unpaired) electrons. The molecule has 0 aliphatic heterocycles. The molecule has 78 valence electrons. The van der Waals surface area contributed by atoms with Gasteiger partial charge in [0.15, 0.2) is 0 Å². The molecule has 0 aromatic carbocycles. The van der Waals surface area contributed by atoms with Crippen molar-refractivity contribution in [2.75, 3.05) is 0 Å². The lowest BCUT2D eigenvalue weighted by atomic mass is 10.1. The number of rotatable bonds is 3. The van der Waals surface area contributed by atoms with Crippen LogP contribution in [0.2, 0.25) is 0 Å². The lowest BCUT2D eigenvalue weighted by Gasteiger charge is -2.09. The fraction of sp³-hybridized carbons (Fsp3) is 0.182. The summed E-state index contributed by atoms with van der Waals surface area (Å²) < 4.78 is 0.981. The Hall–Kier alpha value is -0.710. The summed E-state index contributed by atoms with van der Waals surface area (Å²) in [6.07, 6.45) is 2.63. The molecule has 2 heterocycles. The minimum Gasteiger partial charge on any atom is -0.322 e. The van der Waals surface area contributed by atoms with Crippen molar-refractivity contribution in [2.45, 2.75) is 12.5 Å². The van der Waals surface area contributed by atoms with E-state index < -0.39 is 0 Å². The maximum atomic E-state index is 6.06. The third-order valence-electron chi connectivity index (χ3n) is 2.17. The first-order chi connectivity index (χ1) is 7.25. The van der Waals surface area contributed by atoms with Gasteiger partial charge in [0.25, 0.3) is 0 Å².